The summed E-state index contributed by atoms with van der Waals surface area (Å²) in [6.45, 7) is 2.17. The molecule has 0 unspecified atom stereocenters. The van der Waals surface area contributed by atoms with E-state index in [9.17, 15) is 4.57 Å². The van der Waals surface area contributed by atoms with Crippen molar-refractivity contribution in [1.29, 1.82) is 0 Å². The Morgan fingerprint density at radius 2 is 0.517 bits per heavy atom. The van der Waals surface area contributed by atoms with Gasteiger partial charge in [0.05, 0.1) is 44.1 Å². The van der Waals surface area contributed by atoms with E-state index in [1.807, 2.05) is 66.7 Å². The van der Waals surface area contributed by atoms with Crippen molar-refractivity contribution in [3.63, 3.8) is 0 Å². The number of aryl methyl sites for hydroxylation is 1. The Morgan fingerprint density at radius 3 is 0.966 bits per heavy atom. The van der Waals surface area contributed by atoms with Crippen molar-refractivity contribution < 1.29 is 4.57 Å². The Labute approximate surface area is 838 Å². The molecular formula is C135H91N8OP. The molecule has 23 aromatic carbocycles. The van der Waals surface area contributed by atoms with Crippen molar-refractivity contribution in [2.75, 3.05) is 0 Å². The molecule has 0 atom stereocenters. The third-order valence-electron chi connectivity index (χ3n) is 28.6. The van der Waals surface area contributed by atoms with Crippen molar-refractivity contribution in [3.8, 4) is 107 Å². The molecular weight excluding hydrogens is 1780 g/mol. The number of para-hydroxylation sites is 6. The molecule has 0 bridgehead atoms. The smallest absolute Gasteiger partial charge is 0.171 e. The van der Waals surface area contributed by atoms with E-state index in [2.05, 4.69) is 476 Å². The standard InChI is InChI=1S/C55H35N5.C41H30N2.C39H26NOP/c1-2-15-36(16-3-1)37-29-31-39(32-30-37)53-56-54(58-55(57-53)48-24-14-18-38-17-4-5-19-43(38)48)40-33-41(59-49-25-10-6-20-44(49)45-21-7-11-26-50(45)59)35-42(34-40)60-51-27-12-8-22-46(51)47-23-9-13-28-52(47)60;1-2-39-42-37-18-10-11-19-38(37)43(39)32-26-24-31(25-27-32)41-35-16-8-6-14-33(35)40(34-15-7-9-17-36(34)41)30-22-20-29(21-23-30)28-12-4-3-5-13-28;41-42(30-13-3-1-4-14-30,31-15-5-2-6-16-31)32-23-19-29(20-24-32)37-35-25-21-27-11-7-9-17-33(27)38(35)40-39-34-18-10-8-12-28(34)22-26-36(37)39/h1-35H;3-27H,2H2,1H3;1-26H. The number of hydrogen-bond acceptors (Lipinski definition) is 6. The van der Waals surface area contributed by atoms with Gasteiger partial charge in [0.1, 0.15) is 5.82 Å². The summed E-state index contributed by atoms with van der Waals surface area (Å²) in [5, 5.41) is 21.4. The predicted octanol–water partition coefficient (Wildman–Crippen LogP) is 33.8. The highest BCUT2D eigenvalue weighted by molar-refractivity contribution is 7.85. The van der Waals surface area contributed by atoms with Gasteiger partial charge in [0.25, 0.3) is 0 Å². The molecule has 0 saturated heterocycles. The lowest BCUT2D eigenvalue weighted by molar-refractivity contribution is 0.592. The van der Waals surface area contributed by atoms with E-state index >= 15 is 0 Å². The van der Waals surface area contributed by atoms with E-state index in [4.69, 9.17) is 24.9 Å². The van der Waals surface area contributed by atoms with Crippen molar-refractivity contribution >= 4 is 153 Å². The average molecular weight is 1870 g/mol. The van der Waals surface area contributed by atoms with E-state index in [0.29, 0.717) is 17.5 Å². The molecule has 28 aromatic rings. The lowest BCUT2D eigenvalue weighted by atomic mass is 9.85. The van der Waals surface area contributed by atoms with Gasteiger partial charge in [0.15, 0.2) is 24.6 Å². The van der Waals surface area contributed by atoms with Crippen LogP contribution in [0.5, 0.6) is 0 Å². The van der Waals surface area contributed by atoms with Gasteiger partial charge in [-0.25, -0.2) is 24.9 Å². The number of aromatic nitrogens is 8. The van der Waals surface area contributed by atoms with Crippen LogP contribution in [-0.2, 0) is 11.0 Å². The van der Waals surface area contributed by atoms with Crippen LogP contribution in [-0.4, -0.2) is 38.6 Å². The van der Waals surface area contributed by atoms with Gasteiger partial charge in [-0.2, -0.15) is 0 Å². The molecule has 0 aliphatic heterocycles. The maximum Gasteiger partial charge on any atom is 0.171 e. The largest absolute Gasteiger partial charge is 0.309 e. The minimum absolute atomic E-state index is 0.597. The second kappa shape index (κ2) is 36.8. The van der Waals surface area contributed by atoms with Crippen LogP contribution in [0.3, 0.4) is 0 Å². The molecule has 145 heavy (non-hydrogen) atoms. The molecule has 0 saturated carbocycles. The molecule has 0 spiro atoms. The summed E-state index contributed by atoms with van der Waals surface area (Å²) in [6.07, 6.45) is 0.875. The van der Waals surface area contributed by atoms with E-state index in [1.165, 1.54) is 87.2 Å². The topological polar surface area (TPSA) is 96.3 Å². The number of nitrogens with zero attached hydrogens (tertiary/aromatic N) is 8. The summed E-state index contributed by atoms with van der Waals surface area (Å²) in [4.78, 5) is 26.1. The highest BCUT2D eigenvalue weighted by Gasteiger charge is 2.31. The van der Waals surface area contributed by atoms with Gasteiger partial charge in [-0.3, -0.25) is 4.57 Å². The van der Waals surface area contributed by atoms with E-state index in [0.717, 1.165) is 161 Å². The SMILES string of the molecule is CCc1nc2ccccc2n1-c1ccc(-c2c3ccccc3c(-c3ccc(-c4ccccc4)cc3)c3ccccc23)cc1.O=P(c1ccccc1)(c1ccccc1)c1ccc(-c2c3ccc4ccccc4c3nc3c2ccc2ccccc23)cc1.c1ccc(-c2ccc(-c3nc(-c4cc(-n5c6ccccc6c6ccccc65)cc(-n5c6ccccc6c6ccccc65)c4)nc(-c4cccc5ccccc45)n3)cc2)cc1. The molecule has 0 amide bonds. The van der Waals surface area contributed by atoms with Crippen molar-refractivity contribution in [1.82, 2.24) is 38.6 Å². The number of pyridine rings is 1. The van der Waals surface area contributed by atoms with Crippen molar-refractivity contribution in [2.24, 2.45) is 0 Å². The van der Waals surface area contributed by atoms with Gasteiger partial charge in [-0.05, 0) is 160 Å². The molecule has 0 N–H and O–H groups in total. The van der Waals surface area contributed by atoms with Crippen LogP contribution in [0.2, 0.25) is 0 Å². The minimum atomic E-state index is -3.06. The Balaban J connectivity index is 0.000000113. The summed E-state index contributed by atoms with van der Waals surface area (Å²) >= 11 is 0. The summed E-state index contributed by atoms with van der Waals surface area (Å²) in [5.41, 5.74) is 26.6. The van der Waals surface area contributed by atoms with Gasteiger partial charge < -0.3 is 13.7 Å². The summed E-state index contributed by atoms with van der Waals surface area (Å²) in [6, 6.07) is 184. The molecule has 9 nitrogen and oxygen atoms in total. The van der Waals surface area contributed by atoms with Gasteiger partial charge in [-0.1, -0.05) is 462 Å². The van der Waals surface area contributed by atoms with Crippen LogP contribution in [0.4, 0.5) is 0 Å². The second-order valence-corrected chi connectivity index (χ2v) is 39.7. The molecule has 28 rings (SSSR count). The zero-order valence-electron chi connectivity index (χ0n) is 79.3. The molecule has 0 aliphatic rings. The van der Waals surface area contributed by atoms with Crippen molar-refractivity contribution in [3.05, 3.63) is 528 Å². The van der Waals surface area contributed by atoms with E-state index in [1.54, 1.807) is 0 Å². The highest BCUT2D eigenvalue weighted by atomic mass is 31.2. The van der Waals surface area contributed by atoms with Crippen LogP contribution < -0.4 is 15.9 Å². The second-order valence-electron chi connectivity index (χ2n) is 37.0. The Hall–Kier alpha value is -18.7. The van der Waals surface area contributed by atoms with E-state index in [-0.39, 0.29) is 0 Å². The van der Waals surface area contributed by atoms with Crippen LogP contribution in [0.15, 0.2) is 522 Å². The number of fused-ring (bicyclic) bond motifs is 16. The molecule has 0 aliphatic carbocycles. The first-order valence-electron chi connectivity index (χ1n) is 49.4. The summed E-state index contributed by atoms with van der Waals surface area (Å²) in [7, 11) is -3.06. The minimum Gasteiger partial charge on any atom is -0.309 e. The molecule has 10 heteroatoms. The first kappa shape index (κ1) is 86.7. The first-order chi connectivity index (χ1) is 71.8. The Morgan fingerprint density at radius 1 is 0.200 bits per heavy atom. The Kier molecular flexibility index (Phi) is 22.0. The normalized spacial score (nSPS) is 11.7. The Bertz CT molecular complexity index is 9500. The molecule has 5 heterocycles. The zero-order valence-corrected chi connectivity index (χ0v) is 80.2. The molecule has 0 radical (unpaired) electrons. The predicted molar refractivity (Wildman–Crippen MR) is 609 cm³/mol. The number of imidazole rings is 1. The van der Waals surface area contributed by atoms with Gasteiger partial charge in [-0.15, -0.1) is 0 Å². The molecule has 682 valence electrons. The fraction of sp³-hybridized carbons (Fsp3) is 0.0148. The fourth-order valence-electron chi connectivity index (χ4n) is 21.9. The third-order valence-corrected chi connectivity index (χ3v) is 31.7. The number of hydrogen-bond donors (Lipinski definition) is 0. The lowest BCUT2D eigenvalue weighted by Crippen LogP contribution is -2.24. The van der Waals surface area contributed by atoms with Gasteiger partial charge in [0, 0.05) is 105 Å². The van der Waals surface area contributed by atoms with Gasteiger partial charge >= 0.3 is 0 Å². The van der Waals surface area contributed by atoms with Crippen LogP contribution in [0.1, 0.15) is 12.7 Å². The number of rotatable bonds is 15. The van der Waals surface area contributed by atoms with E-state index < -0.39 is 7.14 Å². The molecule has 0 fully saturated rings. The maximum atomic E-state index is 15.0. The maximum absolute atomic E-state index is 15.0. The number of benzene rings is 23. The van der Waals surface area contributed by atoms with Crippen LogP contribution in [0.25, 0.3) is 237 Å². The third kappa shape index (κ3) is 15.4. The first-order valence-corrected chi connectivity index (χ1v) is 51.1. The molecule has 5 aromatic heterocycles. The summed E-state index contributed by atoms with van der Waals surface area (Å²) in [5.74, 6) is 2.91. The average Bonchev–Trinajstić information content (AvgIpc) is 1.58. The highest BCUT2D eigenvalue weighted by Crippen LogP contribution is 2.49. The lowest BCUT2D eigenvalue weighted by Gasteiger charge is -2.20. The monoisotopic (exact) mass is 1870 g/mol. The summed E-state index contributed by atoms with van der Waals surface area (Å²) < 4.78 is 22.0. The van der Waals surface area contributed by atoms with Crippen molar-refractivity contribution in [2.45, 2.75) is 13.3 Å². The zero-order chi connectivity index (χ0) is 96.4. The van der Waals surface area contributed by atoms with Crippen LogP contribution in [0, 0.1) is 0 Å². The quantitative estimate of drug-likeness (QED) is 0.0576. The van der Waals surface area contributed by atoms with Gasteiger partial charge in [0.2, 0.25) is 0 Å². The van der Waals surface area contributed by atoms with Crippen LogP contribution >= 0.6 is 7.14 Å². The fourth-order valence-corrected chi connectivity index (χ4v) is 24.5.